The molecule has 3 heteroatoms. The molecule has 0 spiro atoms. The summed E-state index contributed by atoms with van der Waals surface area (Å²) in [5.41, 5.74) is 0. The Morgan fingerprint density at radius 3 is 3.00 bits per heavy atom. The van der Waals surface area contributed by atoms with Gasteiger partial charge in [-0.1, -0.05) is 11.8 Å². The van der Waals surface area contributed by atoms with E-state index in [9.17, 15) is 0 Å². The van der Waals surface area contributed by atoms with E-state index in [1.807, 2.05) is 11.8 Å². The highest BCUT2D eigenvalue weighted by atomic mass is 32.2. The number of rotatable bonds is 1. The number of hydrogen-bond acceptors (Lipinski definition) is 3. The Morgan fingerprint density at radius 1 is 1.78 bits per heavy atom. The van der Waals surface area contributed by atoms with E-state index in [0.717, 1.165) is 13.1 Å². The highest BCUT2D eigenvalue weighted by Crippen LogP contribution is 2.13. The minimum absolute atomic E-state index is 1.00. The molecule has 0 aromatic rings. The third kappa shape index (κ3) is 1.61. The van der Waals surface area contributed by atoms with Crippen LogP contribution in [0.2, 0.25) is 0 Å². The summed E-state index contributed by atoms with van der Waals surface area (Å²) in [6.07, 6.45) is 0. The Kier molecular flexibility index (Phi) is 2.39. The molecule has 0 saturated heterocycles. The summed E-state index contributed by atoms with van der Waals surface area (Å²) in [6.45, 7) is 4.21. The van der Waals surface area contributed by atoms with Gasteiger partial charge in [-0.2, -0.15) is 0 Å². The summed E-state index contributed by atoms with van der Waals surface area (Å²) in [6, 6.07) is 0. The Labute approximate surface area is 60.3 Å². The first kappa shape index (κ1) is 6.93. The molecule has 1 heterocycles. The zero-order valence-corrected chi connectivity index (χ0v) is 6.74. The maximum atomic E-state index is 4.31. The lowest BCUT2D eigenvalue weighted by Crippen LogP contribution is -2.21. The fraction of sp³-hybridized carbons (Fsp3) is 0.833. The average molecular weight is 144 g/mol. The normalized spacial score (nSPS) is 17.8. The number of aliphatic imine (C=N–C) groups is 1. The Bertz CT molecular complexity index is 122. The van der Waals surface area contributed by atoms with Crippen molar-refractivity contribution in [2.75, 3.05) is 25.9 Å². The van der Waals surface area contributed by atoms with Crippen molar-refractivity contribution >= 4 is 16.9 Å². The molecule has 0 bridgehead atoms. The second-order valence-corrected chi connectivity index (χ2v) is 3.09. The minimum Gasteiger partial charge on any atom is -0.355 e. The summed E-state index contributed by atoms with van der Waals surface area (Å²) in [4.78, 5) is 6.49. The zero-order valence-electron chi connectivity index (χ0n) is 5.92. The van der Waals surface area contributed by atoms with Gasteiger partial charge in [0, 0.05) is 19.3 Å². The van der Waals surface area contributed by atoms with Crippen molar-refractivity contribution in [2.24, 2.45) is 4.99 Å². The van der Waals surface area contributed by atoms with Crippen LogP contribution in [-0.4, -0.2) is 36.0 Å². The maximum absolute atomic E-state index is 4.31. The van der Waals surface area contributed by atoms with Crippen molar-refractivity contribution in [3.63, 3.8) is 0 Å². The SMILES string of the molecule is CCN(C)C1=NCCS1. The van der Waals surface area contributed by atoms with Gasteiger partial charge in [0.15, 0.2) is 5.17 Å². The van der Waals surface area contributed by atoms with Crippen LogP contribution in [0.25, 0.3) is 0 Å². The van der Waals surface area contributed by atoms with Crippen LogP contribution in [0.4, 0.5) is 0 Å². The first-order chi connectivity index (χ1) is 4.34. The van der Waals surface area contributed by atoms with Crippen molar-refractivity contribution in [1.29, 1.82) is 0 Å². The van der Waals surface area contributed by atoms with Gasteiger partial charge in [-0.05, 0) is 6.92 Å². The van der Waals surface area contributed by atoms with Gasteiger partial charge < -0.3 is 4.90 Å². The van der Waals surface area contributed by atoms with Gasteiger partial charge in [-0.15, -0.1) is 0 Å². The second kappa shape index (κ2) is 3.11. The zero-order chi connectivity index (χ0) is 6.69. The molecule has 0 fully saturated rings. The predicted molar refractivity (Wildman–Crippen MR) is 43.1 cm³/mol. The molecule has 0 saturated carbocycles. The van der Waals surface area contributed by atoms with E-state index in [4.69, 9.17) is 0 Å². The molecule has 1 aliphatic rings. The summed E-state index contributed by atoms with van der Waals surface area (Å²) in [5, 5.41) is 1.21. The van der Waals surface area contributed by atoms with Crippen molar-refractivity contribution < 1.29 is 0 Å². The van der Waals surface area contributed by atoms with E-state index in [-0.39, 0.29) is 0 Å². The number of thioether (sulfide) groups is 1. The molecule has 0 aliphatic carbocycles. The standard InChI is InChI=1S/C6H12N2S/c1-3-8(2)6-7-4-5-9-6/h3-5H2,1-2H3. The largest absolute Gasteiger partial charge is 0.355 e. The lowest BCUT2D eigenvalue weighted by Gasteiger charge is -2.14. The fourth-order valence-electron chi connectivity index (χ4n) is 0.690. The van der Waals surface area contributed by atoms with Crippen molar-refractivity contribution in [3.05, 3.63) is 0 Å². The van der Waals surface area contributed by atoms with E-state index in [1.165, 1.54) is 10.9 Å². The van der Waals surface area contributed by atoms with Crippen LogP contribution in [0.1, 0.15) is 6.92 Å². The molecule has 0 atom stereocenters. The van der Waals surface area contributed by atoms with Crippen molar-refractivity contribution in [2.45, 2.75) is 6.92 Å². The van der Waals surface area contributed by atoms with Gasteiger partial charge >= 0.3 is 0 Å². The lowest BCUT2D eigenvalue weighted by atomic mass is 10.7. The fourth-order valence-corrected chi connectivity index (χ4v) is 1.59. The number of nitrogens with zero attached hydrogens (tertiary/aromatic N) is 2. The maximum Gasteiger partial charge on any atom is 0.159 e. The summed E-state index contributed by atoms with van der Waals surface area (Å²) < 4.78 is 0. The van der Waals surface area contributed by atoms with Crippen LogP contribution in [0.5, 0.6) is 0 Å². The molecule has 0 unspecified atom stereocenters. The molecular formula is C6H12N2S. The first-order valence-electron chi connectivity index (χ1n) is 3.23. The first-order valence-corrected chi connectivity index (χ1v) is 4.21. The van der Waals surface area contributed by atoms with Gasteiger partial charge in [0.1, 0.15) is 0 Å². The monoisotopic (exact) mass is 144 g/mol. The van der Waals surface area contributed by atoms with Crippen LogP contribution >= 0.6 is 11.8 Å². The molecule has 1 rings (SSSR count). The predicted octanol–water partition coefficient (Wildman–Crippen LogP) is 1.04. The minimum atomic E-state index is 1.00. The van der Waals surface area contributed by atoms with Crippen molar-refractivity contribution in [3.8, 4) is 0 Å². The van der Waals surface area contributed by atoms with Crippen LogP contribution in [0, 0.1) is 0 Å². The Hall–Kier alpha value is -0.180. The molecule has 0 radical (unpaired) electrons. The van der Waals surface area contributed by atoms with Gasteiger partial charge in [0.25, 0.3) is 0 Å². The topological polar surface area (TPSA) is 15.6 Å². The number of hydrogen-bond donors (Lipinski definition) is 0. The molecule has 52 valence electrons. The van der Waals surface area contributed by atoms with E-state index in [0.29, 0.717) is 0 Å². The summed E-state index contributed by atoms with van der Waals surface area (Å²) in [7, 11) is 2.08. The van der Waals surface area contributed by atoms with Crippen molar-refractivity contribution in [1.82, 2.24) is 4.90 Å². The molecule has 0 aromatic carbocycles. The van der Waals surface area contributed by atoms with Crippen LogP contribution in [-0.2, 0) is 0 Å². The summed E-state index contributed by atoms with van der Waals surface area (Å²) in [5.74, 6) is 1.17. The Morgan fingerprint density at radius 2 is 2.56 bits per heavy atom. The van der Waals surface area contributed by atoms with Gasteiger partial charge in [-0.3, -0.25) is 4.99 Å². The molecule has 0 amide bonds. The van der Waals surface area contributed by atoms with Crippen LogP contribution < -0.4 is 0 Å². The third-order valence-corrected chi connectivity index (χ3v) is 2.46. The number of amidine groups is 1. The molecule has 9 heavy (non-hydrogen) atoms. The average Bonchev–Trinajstić information content (AvgIpc) is 2.37. The molecule has 0 aromatic heterocycles. The Balaban J connectivity index is 2.40. The lowest BCUT2D eigenvalue weighted by molar-refractivity contribution is 0.546. The van der Waals surface area contributed by atoms with E-state index >= 15 is 0 Å². The molecular weight excluding hydrogens is 132 g/mol. The van der Waals surface area contributed by atoms with Gasteiger partial charge in [-0.25, -0.2) is 0 Å². The highest BCUT2D eigenvalue weighted by Gasteiger charge is 2.08. The molecule has 1 aliphatic heterocycles. The van der Waals surface area contributed by atoms with E-state index in [1.54, 1.807) is 0 Å². The summed E-state index contributed by atoms with van der Waals surface area (Å²) >= 11 is 1.85. The smallest absolute Gasteiger partial charge is 0.159 e. The van der Waals surface area contributed by atoms with E-state index in [2.05, 4.69) is 23.9 Å². The molecule has 0 N–H and O–H groups in total. The second-order valence-electron chi connectivity index (χ2n) is 2.03. The quantitative estimate of drug-likeness (QED) is 0.546. The van der Waals surface area contributed by atoms with E-state index < -0.39 is 0 Å². The molecule has 2 nitrogen and oxygen atoms in total. The van der Waals surface area contributed by atoms with Gasteiger partial charge in [0.2, 0.25) is 0 Å². The van der Waals surface area contributed by atoms with Crippen LogP contribution in [0.15, 0.2) is 4.99 Å². The third-order valence-electron chi connectivity index (χ3n) is 1.37. The highest BCUT2D eigenvalue weighted by molar-refractivity contribution is 8.14. The van der Waals surface area contributed by atoms with Gasteiger partial charge in [0.05, 0.1) is 6.54 Å². The van der Waals surface area contributed by atoms with Crippen LogP contribution in [0.3, 0.4) is 0 Å².